The molecule has 2 aromatic carbocycles. The van der Waals surface area contributed by atoms with Gasteiger partial charge in [-0.3, -0.25) is 19.3 Å². The van der Waals surface area contributed by atoms with E-state index in [0.717, 1.165) is 4.90 Å². The van der Waals surface area contributed by atoms with Crippen molar-refractivity contribution in [3.05, 3.63) is 59.7 Å². The number of hydrogen-bond donors (Lipinski definition) is 3. The van der Waals surface area contributed by atoms with Crippen molar-refractivity contribution in [3.63, 3.8) is 0 Å². The second kappa shape index (κ2) is 8.05. The molecule has 3 N–H and O–H groups in total. The fraction of sp³-hybridized carbons (Fsp3) is 0.190. The van der Waals surface area contributed by atoms with Crippen LogP contribution in [0.25, 0.3) is 0 Å². The lowest BCUT2D eigenvalue weighted by molar-refractivity contribution is -0.133. The molecule has 0 aliphatic carbocycles. The molecule has 1 atom stereocenters. The molecule has 0 unspecified atom stereocenters. The predicted octanol–water partition coefficient (Wildman–Crippen LogP) is 1.92. The summed E-state index contributed by atoms with van der Waals surface area (Å²) in [5.74, 6) is -1.32. The molecule has 3 rings (SSSR count). The van der Waals surface area contributed by atoms with Crippen LogP contribution < -0.4 is 16.0 Å². The molecule has 0 radical (unpaired) electrons. The van der Waals surface area contributed by atoms with Crippen LogP contribution in [0.5, 0.6) is 0 Å². The molecule has 1 saturated heterocycles. The first kappa shape index (κ1) is 20.5. The zero-order valence-corrected chi connectivity index (χ0v) is 16.4. The lowest BCUT2D eigenvalue weighted by Crippen LogP contribution is -2.42. The Morgan fingerprint density at radius 3 is 2.13 bits per heavy atom. The van der Waals surface area contributed by atoms with Gasteiger partial charge in [0.25, 0.3) is 5.91 Å². The minimum atomic E-state index is -1.33. The molecular weight excluding hydrogens is 386 g/mol. The third-order valence-electron chi connectivity index (χ3n) is 4.66. The summed E-state index contributed by atoms with van der Waals surface area (Å²) in [5.41, 5.74) is 0.644. The van der Waals surface area contributed by atoms with Crippen molar-refractivity contribution in [3.8, 4) is 6.07 Å². The van der Waals surface area contributed by atoms with Gasteiger partial charge >= 0.3 is 6.03 Å². The van der Waals surface area contributed by atoms with E-state index in [0.29, 0.717) is 22.5 Å². The average Bonchev–Trinajstić information content (AvgIpc) is 2.93. The average molecular weight is 405 g/mol. The normalized spacial score (nSPS) is 17.8. The van der Waals surface area contributed by atoms with Crippen molar-refractivity contribution in [2.75, 3.05) is 17.2 Å². The van der Waals surface area contributed by atoms with Crippen molar-refractivity contribution >= 4 is 35.1 Å². The summed E-state index contributed by atoms with van der Waals surface area (Å²) < 4.78 is 0. The summed E-state index contributed by atoms with van der Waals surface area (Å²) in [6.45, 7) is 2.48. The van der Waals surface area contributed by atoms with E-state index < -0.39 is 29.9 Å². The lowest BCUT2D eigenvalue weighted by atomic mass is 9.91. The fourth-order valence-electron chi connectivity index (χ4n) is 3.10. The van der Waals surface area contributed by atoms with E-state index in [1.165, 1.54) is 6.92 Å². The Labute approximate surface area is 172 Å². The topological polar surface area (TPSA) is 131 Å². The maximum atomic E-state index is 12.9. The van der Waals surface area contributed by atoms with Crippen molar-refractivity contribution in [1.29, 1.82) is 5.26 Å². The molecule has 2 aromatic rings. The summed E-state index contributed by atoms with van der Waals surface area (Å²) in [5, 5.41) is 16.7. The Balaban J connectivity index is 1.68. The van der Waals surface area contributed by atoms with E-state index >= 15 is 0 Å². The van der Waals surface area contributed by atoms with Crippen LogP contribution in [0.3, 0.4) is 0 Å². The zero-order chi connectivity index (χ0) is 21.9. The molecule has 0 bridgehead atoms. The standard InChI is InChI=1S/C21H19N5O4/c1-13(27)23-16-7-9-17(10-8-16)24-18(28)12-26-19(29)21(2,25-20(26)30)15-5-3-14(11-22)4-6-15/h3-10H,12H2,1-2H3,(H,23,27)(H,24,28)(H,25,30)/t21-/m0/s1. The number of nitrogens with zero attached hydrogens (tertiary/aromatic N) is 2. The summed E-state index contributed by atoms with van der Waals surface area (Å²) in [6, 6.07) is 14.0. The summed E-state index contributed by atoms with van der Waals surface area (Å²) >= 11 is 0. The zero-order valence-electron chi connectivity index (χ0n) is 16.4. The second-order valence-corrected chi connectivity index (χ2v) is 6.94. The van der Waals surface area contributed by atoms with E-state index in [9.17, 15) is 19.2 Å². The Hall–Kier alpha value is -4.19. The van der Waals surface area contributed by atoms with Gasteiger partial charge in [0.2, 0.25) is 11.8 Å². The Kier molecular flexibility index (Phi) is 5.51. The number of benzene rings is 2. The van der Waals surface area contributed by atoms with Gasteiger partial charge < -0.3 is 16.0 Å². The number of anilines is 2. The van der Waals surface area contributed by atoms with Crippen molar-refractivity contribution < 1.29 is 19.2 Å². The maximum absolute atomic E-state index is 12.9. The maximum Gasteiger partial charge on any atom is 0.325 e. The molecule has 0 aromatic heterocycles. The van der Waals surface area contributed by atoms with Crippen LogP contribution in [-0.4, -0.2) is 35.2 Å². The van der Waals surface area contributed by atoms with Crippen molar-refractivity contribution in [2.45, 2.75) is 19.4 Å². The molecule has 1 aliphatic heterocycles. The van der Waals surface area contributed by atoms with Crippen molar-refractivity contribution in [1.82, 2.24) is 10.2 Å². The summed E-state index contributed by atoms with van der Waals surface area (Å²) in [6.07, 6.45) is 0. The molecule has 9 heteroatoms. The third kappa shape index (κ3) is 4.12. The highest BCUT2D eigenvalue weighted by atomic mass is 16.2. The van der Waals surface area contributed by atoms with Gasteiger partial charge in [-0.2, -0.15) is 5.26 Å². The molecular formula is C21H19N5O4. The first-order valence-electron chi connectivity index (χ1n) is 9.05. The quantitative estimate of drug-likeness (QED) is 0.654. The SMILES string of the molecule is CC(=O)Nc1ccc(NC(=O)CN2C(=O)N[C@@](C)(c3ccc(C#N)cc3)C2=O)cc1. The number of hydrogen-bond acceptors (Lipinski definition) is 5. The molecule has 152 valence electrons. The van der Waals surface area contributed by atoms with Crippen LogP contribution in [0.15, 0.2) is 48.5 Å². The number of carbonyl (C=O) groups is 4. The number of nitrogens with one attached hydrogen (secondary N) is 3. The molecule has 1 heterocycles. The van der Waals surface area contributed by atoms with E-state index in [1.807, 2.05) is 6.07 Å². The molecule has 30 heavy (non-hydrogen) atoms. The van der Waals surface area contributed by atoms with Gasteiger partial charge in [0, 0.05) is 18.3 Å². The van der Waals surface area contributed by atoms with Crippen LogP contribution in [0.4, 0.5) is 16.2 Å². The Morgan fingerprint density at radius 2 is 1.60 bits per heavy atom. The van der Waals surface area contributed by atoms with Crippen molar-refractivity contribution in [2.24, 2.45) is 0 Å². The minimum absolute atomic E-state index is 0.212. The highest BCUT2D eigenvalue weighted by Crippen LogP contribution is 2.29. The minimum Gasteiger partial charge on any atom is -0.326 e. The van der Waals surface area contributed by atoms with Crippen LogP contribution in [-0.2, 0) is 19.9 Å². The van der Waals surface area contributed by atoms with Gasteiger partial charge in [-0.25, -0.2) is 4.79 Å². The smallest absolute Gasteiger partial charge is 0.325 e. The van der Waals surface area contributed by atoms with Crippen LogP contribution in [0, 0.1) is 11.3 Å². The van der Waals surface area contributed by atoms with E-state index in [-0.39, 0.29) is 5.91 Å². The van der Waals surface area contributed by atoms with Gasteiger partial charge in [0.1, 0.15) is 12.1 Å². The summed E-state index contributed by atoms with van der Waals surface area (Å²) in [4.78, 5) is 49.5. The largest absolute Gasteiger partial charge is 0.326 e. The van der Waals surface area contributed by atoms with Gasteiger partial charge in [-0.1, -0.05) is 12.1 Å². The second-order valence-electron chi connectivity index (χ2n) is 6.94. The van der Waals surface area contributed by atoms with Gasteiger partial charge in [0.15, 0.2) is 0 Å². The van der Waals surface area contributed by atoms with E-state index in [1.54, 1.807) is 55.5 Å². The van der Waals surface area contributed by atoms with Gasteiger partial charge in [0.05, 0.1) is 11.6 Å². The number of carbonyl (C=O) groups excluding carboxylic acids is 4. The number of urea groups is 1. The fourth-order valence-corrected chi connectivity index (χ4v) is 3.10. The number of nitriles is 1. The number of amides is 5. The van der Waals surface area contributed by atoms with Gasteiger partial charge in [-0.15, -0.1) is 0 Å². The highest BCUT2D eigenvalue weighted by Gasteiger charge is 2.49. The van der Waals surface area contributed by atoms with Crippen LogP contribution in [0.2, 0.25) is 0 Å². The van der Waals surface area contributed by atoms with Crippen LogP contribution >= 0.6 is 0 Å². The number of rotatable bonds is 5. The van der Waals surface area contributed by atoms with E-state index in [2.05, 4.69) is 16.0 Å². The molecule has 9 nitrogen and oxygen atoms in total. The Morgan fingerprint density at radius 1 is 1.03 bits per heavy atom. The number of imide groups is 1. The first-order valence-corrected chi connectivity index (χ1v) is 9.05. The third-order valence-corrected chi connectivity index (χ3v) is 4.66. The molecule has 5 amide bonds. The molecule has 0 spiro atoms. The monoisotopic (exact) mass is 405 g/mol. The van der Waals surface area contributed by atoms with Crippen LogP contribution in [0.1, 0.15) is 25.0 Å². The lowest BCUT2D eigenvalue weighted by Gasteiger charge is -2.22. The Bertz CT molecular complexity index is 1060. The highest BCUT2D eigenvalue weighted by molar-refractivity contribution is 6.10. The molecule has 1 fully saturated rings. The summed E-state index contributed by atoms with van der Waals surface area (Å²) in [7, 11) is 0. The predicted molar refractivity (Wildman–Crippen MR) is 108 cm³/mol. The van der Waals surface area contributed by atoms with Gasteiger partial charge in [-0.05, 0) is 48.9 Å². The van der Waals surface area contributed by atoms with E-state index in [4.69, 9.17) is 5.26 Å². The molecule has 1 aliphatic rings. The molecule has 0 saturated carbocycles. The first-order chi connectivity index (χ1) is 14.2.